The summed E-state index contributed by atoms with van der Waals surface area (Å²) in [4.78, 5) is 35.8. The molecule has 1 saturated carbocycles. The van der Waals surface area contributed by atoms with Crippen LogP contribution in [0.1, 0.15) is 38.5 Å². The third-order valence-corrected chi connectivity index (χ3v) is 7.60. The van der Waals surface area contributed by atoms with Crippen LogP contribution in [0.5, 0.6) is 0 Å². The summed E-state index contributed by atoms with van der Waals surface area (Å²) >= 11 is 0. The fourth-order valence-electron chi connectivity index (χ4n) is 5.30. The smallest absolute Gasteiger partial charge is 0.227 e. The molecule has 1 aliphatic carbocycles. The number of carbonyl (C=O) groups excluding carboxylic acids is 1. The summed E-state index contributed by atoms with van der Waals surface area (Å²) in [7, 11) is 0. The van der Waals surface area contributed by atoms with E-state index in [1.165, 1.54) is 12.6 Å². The minimum atomic E-state index is -0.493. The molecule has 5 aromatic rings. The number of amides is 1. The standard InChI is InChI=1S/C27H26FN9O/c28-21-18(16-11-17(13-29-12-16)32-27(38)15-5-4-6-15)14-31-24-20(21)23(35-36-24)26-33-22-19(7-8-30-25(22)34-26)37-9-2-1-3-10-37/h7-8,11-15H,1-6,9-10H2,(H,32,38)(H,30,33,34)(H,31,35,36). The molecule has 5 aromatic heterocycles. The molecule has 0 atom stereocenters. The molecule has 192 valence electrons. The SMILES string of the molecule is O=C(Nc1cncc(-c2cnc3[nH]nc(-c4nc5c(N6CCCCC6)ccnc5[nH]4)c3c2F)c1)C1CCC1. The minimum Gasteiger partial charge on any atom is -0.370 e. The van der Waals surface area contributed by atoms with Gasteiger partial charge in [0.15, 0.2) is 17.1 Å². The topological polar surface area (TPSA) is 128 Å². The first kappa shape index (κ1) is 22.8. The van der Waals surface area contributed by atoms with Crippen LogP contribution in [0.3, 0.4) is 0 Å². The van der Waals surface area contributed by atoms with Crippen molar-refractivity contribution in [2.75, 3.05) is 23.3 Å². The van der Waals surface area contributed by atoms with Gasteiger partial charge in [0, 0.05) is 48.7 Å². The Labute approximate surface area is 217 Å². The number of carbonyl (C=O) groups is 1. The molecule has 38 heavy (non-hydrogen) atoms. The van der Waals surface area contributed by atoms with Gasteiger partial charge in [-0.15, -0.1) is 0 Å². The van der Waals surface area contributed by atoms with Crippen molar-refractivity contribution in [2.45, 2.75) is 38.5 Å². The van der Waals surface area contributed by atoms with Crippen LogP contribution < -0.4 is 10.2 Å². The Hall–Kier alpha value is -4.41. The highest BCUT2D eigenvalue weighted by Crippen LogP contribution is 2.35. The van der Waals surface area contributed by atoms with E-state index >= 15 is 4.39 Å². The molecule has 0 unspecified atom stereocenters. The van der Waals surface area contributed by atoms with Gasteiger partial charge >= 0.3 is 0 Å². The Balaban J connectivity index is 1.27. The zero-order chi connectivity index (χ0) is 25.6. The second-order valence-corrected chi connectivity index (χ2v) is 10.0. The van der Waals surface area contributed by atoms with Gasteiger partial charge in [-0.1, -0.05) is 6.42 Å². The van der Waals surface area contributed by atoms with Gasteiger partial charge in [-0.3, -0.25) is 14.9 Å². The monoisotopic (exact) mass is 511 g/mol. The average molecular weight is 512 g/mol. The fraction of sp³-hybridized carbons (Fsp3) is 0.333. The first-order valence-electron chi connectivity index (χ1n) is 13.0. The highest BCUT2D eigenvalue weighted by Gasteiger charge is 2.26. The van der Waals surface area contributed by atoms with Gasteiger partial charge in [-0.25, -0.2) is 19.3 Å². The number of rotatable bonds is 5. The molecule has 0 bridgehead atoms. The number of nitrogens with zero attached hydrogens (tertiary/aromatic N) is 6. The van der Waals surface area contributed by atoms with Gasteiger partial charge in [0.1, 0.15) is 17.0 Å². The number of H-pyrrole nitrogens is 2. The van der Waals surface area contributed by atoms with E-state index in [4.69, 9.17) is 4.98 Å². The molecule has 7 rings (SSSR count). The minimum absolute atomic E-state index is 0.0243. The highest BCUT2D eigenvalue weighted by molar-refractivity contribution is 5.96. The van der Waals surface area contributed by atoms with Crippen molar-refractivity contribution < 1.29 is 9.18 Å². The molecule has 1 amide bonds. The Morgan fingerprint density at radius 2 is 1.92 bits per heavy atom. The molecule has 0 radical (unpaired) electrons. The van der Waals surface area contributed by atoms with Gasteiger partial charge in [0.25, 0.3) is 0 Å². The number of hydrogen-bond donors (Lipinski definition) is 3. The second-order valence-electron chi connectivity index (χ2n) is 10.0. The van der Waals surface area contributed by atoms with E-state index in [0.29, 0.717) is 34.1 Å². The largest absolute Gasteiger partial charge is 0.370 e. The molecule has 1 aliphatic heterocycles. The maximum Gasteiger partial charge on any atom is 0.227 e. The number of hydrogen-bond acceptors (Lipinski definition) is 7. The van der Waals surface area contributed by atoms with Gasteiger partial charge in [-0.2, -0.15) is 5.10 Å². The maximum absolute atomic E-state index is 16.1. The Kier molecular flexibility index (Phi) is 5.49. The summed E-state index contributed by atoms with van der Waals surface area (Å²) in [5, 5.41) is 10.3. The van der Waals surface area contributed by atoms with Crippen molar-refractivity contribution >= 4 is 39.5 Å². The number of aromatic nitrogens is 7. The third kappa shape index (κ3) is 3.85. The number of piperidine rings is 1. The summed E-state index contributed by atoms with van der Waals surface area (Å²) in [5.74, 6) is -0.0622. The fourth-order valence-corrected chi connectivity index (χ4v) is 5.30. The van der Waals surface area contributed by atoms with Crippen LogP contribution >= 0.6 is 0 Å². The third-order valence-electron chi connectivity index (χ3n) is 7.60. The summed E-state index contributed by atoms with van der Waals surface area (Å²) in [6.45, 7) is 1.95. The van der Waals surface area contributed by atoms with Crippen LogP contribution in [0.15, 0.2) is 36.9 Å². The lowest BCUT2D eigenvalue weighted by Gasteiger charge is -2.28. The Morgan fingerprint density at radius 3 is 2.74 bits per heavy atom. The van der Waals surface area contributed by atoms with E-state index in [0.717, 1.165) is 56.4 Å². The van der Waals surface area contributed by atoms with Crippen molar-refractivity contribution in [2.24, 2.45) is 5.92 Å². The van der Waals surface area contributed by atoms with E-state index in [2.05, 4.69) is 40.3 Å². The number of halogens is 1. The van der Waals surface area contributed by atoms with Gasteiger partial charge in [0.05, 0.1) is 23.0 Å². The average Bonchev–Trinajstić information content (AvgIpc) is 3.53. The van der Waals surface area contributed by atoms with Crippen molar-refractivity contribution in [3.8, 4) is 22.6 Å². The lowest BCUT2D eigenvalue weighted by Crippen LogP contribution is -2.29. The molecular formula is C27H26FN9O. The van der Waals surface area contributed by atoms with Crippen molar-refractivity contribution in [1.29, 1.82) is 0 Å². The van der Waals surface area contributed by atoms with E-state index in [9.17, 15) is 4.79 Å². The van der Waals surface area contributed by atoms with Crippen LogP contribution in [0.25, 0.3) is 44.8 Å². The van der Waals surface area contributed by atoms with Crippen LogP contribution in [0.2, 0.25) is 0 Å². The quantitative estimate of drug-likeness (QED) is 0.308. The van der Waals surface area contributed by atoms with E-state index in [1.54, 1.807) is 24.7 Å². The normalized spacial score (nSPS) is 16.2. The van der Waals surface area contributed by atoms with Gasteiger partial charge in [0.2, 0.25) is 5.91 Å². The highest BCUT2D eigenvalue weighted by atomic mass is 19.1. The molecule has 6 heterocycles. The lowest BCUT2D eigenvalue weighted by molar-refractivity contribution is -0.122. The molecular weight excluding hydrogens is 485 g/mol. The van der Waals surface area contributed by atoms with Crippen molar-refractivity contribution in [3.63, 3.8) is 0 Å². The molecule has 0 aromatic carbocycles. The predicted molar refractivity (Wildman–Crippen MR) is 142 cm³/mol. The molecule has 3 N–H and O–H groups in total. The van der Waals surface area contributed by atoms with Crippen LogP contribution in [0, 0.1) is 11.7 Å². The summed E-state index contributed by atoms with van der Waals surface area (Å²) < 4.78 is 16.1. The number of anilines is 2. The lowest BCUT2D eigenvalue weighted by atomic mass is 9.85. The number of nitrogens with one attached hydrogen (secondary N) is 3. The molecule has 2 aliphatic rings. The first-order chi connectivity index (χ1) is 18.7. The molecule has 10 nitrogen and oxygen atoms in total. The van der Waals surface area contributed by atoms with Crippen LogP contribution in [-0.2, 0) is 4.79 Å². The number of fused-ring (bicyclic) bond motifs is 2. The predicted octanol–water partition coefficient (Wildman–Crippen LogP) is 4.83. The van der Waals surface area contributed by atoms with Crippen LogP contribution in [-0.4, -0.2) is 54.1 Å². The number of imidazole rings is 1. The molecule has 2 fully saturated rings. The second kappa shape index (κ2) is 9.16. The zero-order valence-electron chi connectivity index (χ0n) is 20.7. The molecule has 1 saturated heterocycles. The van der Waals surface area contributed by atoms with E-state index in [-0.39, 0.29) is 22.8 Å². The number of aromatic amines is 2. The zero-order valence-corrected chi connectivity index (χ0v) is 20.7. The van der Waals surface area contributed by atoms with Crippen LogP contribution in [0.4, 0.5) is 15.8 Å². The first-order valence-corrected chi connectivity index (χ1v) is 13.0. The summed E-state index contributed by atoms with van der Waals surface area (Å²) in [6.07, 6.45) is 12.7. The maximum atomic E-state index is 16.1. The summed E-state index contributed by atoms with van der Waals surface area (Å²) in [6, 6.07) is 3.69. The van der Waals surface area contributed by atoms with E-state index in [1.807, 2.05) is 6.07 Å². The van der Waals surface area contributed by atoms with E-state index < -0.39 is 5.82 Å². The number of pyridine rings is 3. The Bertz CT molecular complexity index is 1670. The Morgan fingerprint density at radius 1 is 1.05 bits per heavy atom. The van der Waals surface area contributed by atoms with Gasteiger partial charge < -0.3 is 15.2 Å². The molecule has 11 heteroatoms. The van der Waals surface area contributed by atoms with Crippen molar-refractivity contribution in [3.05, 3.63) is 42.7 Å². The van der Waals surface area contributed by atoms with Gasteiger partial charge in [-0.05, 0) is 44.2 Å². The van der Waals surface area contributed by atoms with Crippen molar-refractivity contribution in [1.82, 2.24) is 35.1 Å². The molecule has 0 spiro atoms. The summed E-state index contributed by atoms with van der Waals surface area (Å²) in [5.41, 5.74) is 4.32.